The monoisotopic (exact) mass is 665 g/mol. The molecule has 1 atom stereocenters. The Labute approximate surface area is 286 Å². The Kier molecular flexibility index (Phi) is 9.42. The highest BCUT2D eigenvalue weighted by atomic mass is 19.1. The summed E-state index contributed by atoms with van der Waals surface area (Å²) in [6.07, 6.45) is 4.59. The number of piperazine rings is 1. The zero-order chi connectivity index (χ0) is 34.9. The van der Waals surface area contributed by atoms with Crippen LogP contribution in [0.15, 0.2) is 66.5 Å². The minimum Gasteiger partial charge on any atom is -0.457 e. The van der Waals surface area contributed by atoms with Crippen molar-refractivity contribution < 1.29 is 13.9 Å². The van der Waals surface area contributed by atoms with Crippen molar-refractivity contribution in [3.05, 3.63) is 72.3 Å². The predicted octanol–water partition coefficient (Wildman–Crippen LogP) is 5.82. The molecule has 12 heteroatoms. The van der Waals surface area contributed by atoms with E-state index in [1.54, 1.807) is 33.8 Å². The molecular weight excluding hydrogens is 621 g/mol. The highest BCUT2D eigenvalue weighted by molar-refractivity contribution is 5.99. The fourth-order valence-electron chi connectivity index (χ4n) is 6.86. The van der Waals surface area contributed by atoms with Crippen molar-refractivity contribution in [2.75, 3.05) is 45.0 Å². The molecule has 2 aromatic carbocycles. The Morgan fingerprint density at radius 2 is 1.71 bits per heavy atom. The molecule has 2 N–H and O–H groups in total. The summed E-state index contributed by atoms with van der Waals surface area (Å²) < 4.78 is 23.2. The first-order chi connectivity index (χ1) is 23.4. The number of para-hydroxylation sites is 1. The Hall–Kier alpha value is -4.86. The van der Waals surface area contributed by atoms with Gasteiger partial charge >= 0.3 is 0 Å². The van der Waals surface area contributed by atoms with E-state index in [0.717, 1.165) is 26.2 Å². The number of ether oxygens (including phenoxy) is 1. The van der Waals surface area contributed by atoms with Crippen LogP contribution in [-0.2, 0) is 4.79 Å². The van der Waals surface area contributed by atoms with Crippen molar-refractivity contribution >= 4 is 22.8 Å². The average molecular weight is 666 g/mol. The van der Waals surface area contributed by atoms with Gasteiger partial charge in [-0.15, -0.1) is 0 Å². The number of halogens is 1. The molecule has 2 aliphatic heterocycles. The maximum absolute atomic E-state index is 15.7. The first-order valence-corrected chi connectivity index (χ1v) is 16.8. The number of likely N-dealkylation sites (tertiary alicyclic amines) is 1. The minimum absolute atomic E-state index is 0.0966. The lowest BCUT2D eigenvalue weighted by atomic mass is 9.96. The van der Waals surface area contributed by atoms with Crippen LogP contribution in [0, 0.1) is 17.1 Å². The minimum atomic E-state index is -0.532. The van der Waals surface area contributed by atoms with Crippen molar-refractivity contribution in [1.82, 2.24) is 34.4 Å². The van der Waals surface area contributed by atoms with Gasteiger partial charge in [-0.1, -0.05) is 18.2 Å². The standard InChI is InChI=1S/C37H44FN9O2/c1-36(2,3)45-16-18-46(19-17-45)37(4,5)21-25(22-39)35(48)44-15-9-10-26(23-44)47-34-31(33(40)41-24-42-34)32(43-47)29-14-13-28(20-30(29)38)49-27-11-7-6-8-12-27/h6-8,11-14,20-21,24,26H,9-10,15-19,23H2,1-5H3,(H2,40,41,42)/b25-21+. The largest absolute Gasteiger partial charge is 0.457 e. The second-order valence-corrected chi connectivity index (χ2v) is 14.3. The summed E-state index contributed by atoms with van der Waals surface area (Å²) in [5.74, 6) is 0.280. The lowest BCUT2D eigenvalue weighted by molar-refractivity contribution is -0.128. The van der Waals surface area contributed by atoms with Crippen molar-refractivity contribution in [1.29, 1.82) is 5.26 Å². The summed E-state index contributed by atoms with van der Waals surface area (Å²) in [7, 11) is 0. The number of piperidine rings is 1. The van der Waals surface area contributed by atoms with Gasteiger partial charge in [0.05, 0.1) is 11.4 Å². The molecule has 0 spiro atoms. The van der Waals surface area contributed by atoms with E-state index in [1.807, 2.05) is 24.3 Å². The van der Waals surface area contributed by atoms with Crippen LogP contribution in [0.3, 0.4) is 0 Å². The number of nitrogens with zero attached hydrogens (tertiary/aromatic N) is 8. The second kappa shape index (κ2) is 13.6. The number of nitriles is 1. The van der Waals surface area contributed by atoms with Crippen molar-refractivity contribution in [2.45, 2.75) is 64.6 Å². The van der Waals surface area contributed by atoms with Gasteiger partial charge in [-0.3, -0.25) is 14.6 Å². The van der Waals surface area contributed by atoms with Gasteiger partial charge in [-0.2, -0.15) is 10.4 Å². The topological polar surface area (TPSA) is 129 Å². The maximum atomic E-state index is 15.7. The van der Waals surface area contributed by atoms with Crippen LogP contribution < -0.4 is 10.5 Å². The predicted molar refractivity (Wildman–Crippen MR) is 187 cm³/mol. The number of carbonyl (C=O) groups excluding carboxylic acids is 1. The number of nitrogens with two attached hydrogens (primary N) is 1. The summed E-state index contributed by atoms with van der Waals surface area (Å²) in [4.78, 5) is 29.0. The summed E-state index contributed by atoms with van der Waals surface area (Å²) in [5.41, 5.74) is 7.08. The first kappa shape index (κ1) is 34.0. The van der Waals surface area contributed by atoms with Gasteiger partial charge in [0.15, 0.2) is 5.65 Å². The summed E-state index contributed by atoms with van der Waals surface area (Å²) >= 11 is 0. The first-order valence-electron chi connectivity index (χ1n) is 16.8. The van der Waals surface area contributed by atoms with Crippen molar-refractivity contribution in [2.24, 2.45) is 0 Å². The lowest BCUT2D eigenvalue weighted by Gasteiger charge is -2.47. The number of hydrogen-bond acceptors (Lipinski definition) is 9. The number of anilines is 1. The van der Waals surface area contributed by atoms with Gasteiger partial charge in [-0.25, -0.2) is 19.0 Å². The molecule has 1 amide bonds. The van der Waals surface area contributed by atoms with Gasteiger partial charge in [0.25, 0.3) is 5.91 Å². The average Bonchev–Trinajstić information content (AvgIpc) is 3.48. The number of nitrogen functional groups attached to an aromatic ring is 1. The molecule has 256 valence electrons. The Morgan fingerprint density at radius 3 is 2.39 bits per heavy atom. The lowest BCUT2D eigenvalue weighted by Crippen LogP contribution is -2.58. The molecule has 0 radical (unpaired) electrons. The normalized spacial score (nSPS) is 18.4. The van der Waals surface area contributed by atoms with Crippen LogP contribution in [0.5, 0.6) is 11.5 Å². The molecule has 1 unspecified atom stereocenters. The Bertz CT molecular complexity index is 1900. The van der Waals surface area contributed by atoms with E-state index >= 15 is 4.39 Å². The molecule has 4 heterocycles. The van der Waals surface area contributed by atoms with Crippen LogP contribution in [-0.4, -0.2) is 90.7 Å². The fourth-order valence-corrected chi connectivity index (χ4v) is 6.86. The van der Waals surface area contributed by atoms with Gasteiger partial charge in [0, 0.05) is 62.0 Å². The third kappa shape index (κ3) is 7.14. The fraction of sp³-hybridized carbons (Fsp3) is 0.432. The molecule has 0 bridgehead atoms. The van der Waals surface area contributed by atoms with Crippen LogP contribution in [0.1, 0.15) is 53.5 Å². The van der Waals surface area contributed by atoms with Crippen molar-refractivity contribution in [3.8, 4) is 28.8 Å². The molecule has 0 aliphatic carbocycles. The third-order valence-electron chi connectivity index (χ3n) is 9.61. The molecule has 2 saturated heterocycles. The van der Waals surface area contributed by atoms with E-state index in [2.05, 4.69) is 60.5 Å². The van der Waals surface area contributed by atoms with Gasteiger partial charge in [0.1, 0.15) is 46.8 Å². The SMILES string of the molecule is CC(C)(C)N1CCN(C(C)(C)/C=C(\C#N)C(=O)N2CCCC(n3nc(-c4ccc(Oc5ccccc5)cc4F)c4c(N)ncnc43)C2)CC1. The molecule has 49 heavy (non-hydrogen) atoms. The van der Waals surface area contributed by atoms with Gasteiger partial charge in [0.2, 0.25) is 0 Å². The molecule has 0 saturated carbocycles. The molecule has 11 nitrogen and oxygen atoms in total. The van der Waals surface area contributed by atoms with E-state index in [9.17, 15) is 10.1 Å². The summed E-state index contributed by atoms with van der Waals surface area (Å²) in [6, 6.07) is 15.7. The van der Waals surface area contributed by atoms with Crippen molar-refractivity contribution in [3.63, 3.8) is 0 Å². The number of amides is 1. The third-order valence-corrected chi connectivity index (χ3v) is 9.61. The smallest absolute Gasteiger partial charge is 0.264 e. The van der Waals surface area contributed by atoms with Crippen LogP contribution in [0.4, 0.5) is 10.2 Å². The highest BCUT2D eigenvalue weighted by Crippen LogP contribution is 2.36. The van der Waals surface area contributed by atoms with Crippen LogP contribution in [0.2, 0.25) is 0 Å². The number of hydrogen-bond donors (Lipinski definition) is 1. The number of rotatable bonds is 7. The van der Waals surface area contributed by atoms with Gasteiger partial charge < -0.3 is 15.4 Å². The number of carbonyl (C=O) groups is 1. The number of benzene rings is 2. The Balaban J connectivity index is 1.24. The quantitative estimate of drug-likeness (QED) is 0.192. The highest BCUT2D eigenvalue weighted by Gasteiger charge is 2.35. The maximum Gasteiger partial charge on any atom is 0.264 e. The van der Waals surface area contributed by atoms with E-state index < -0.39 is 11.4 Å². The van der Waals surface area contributed by atoms with Crippen LogP contribution >= 0.6 is 0 Å². The molecule has 2 aliphatic rings. The molecule has 2 aromatic heterocycles. The zero-order valence-corrected chi connectivity index (χ0v) is 28.9. The molecule has 6 rings (SSSR count). The zero-order valence-electron chi connectivity index (χ0n) is 28.9. The second-order valence-electron chi connectivity index (χ2n) is 14.3. The van der Waals surface area contributed by atoms with E-state index in [0.29, 0.717) is 54.2 Å². The molecule has 4 aromatic rings. The number of aromatic nitrogens is 4. The van der Waals surface area contributed by atoms with E-state index in [1.165, 1.54) is 12.4 Å². The molecule has 2 fully saturated rings. The van der Waals surface area contributed by atoms with Crippen LogP contribution in [0.25, 0.3) is 22.3 Å². The number of fused-ring (bicyclic) bond motifs is 1. The van der Waals surface area contributed by atoms with E-state index in [4.69, 9.17) is 15.6 Å². The molecular formula is C37H44FN9O2. The summed E-state index contributed by atoms with van der Waals surface area (Å²) in [5, 5.41) is 15.4. The summed E-state index contributed by atoms with van der Waals surface area (Å²) in [6.45, 7) is 15.2. The van der Waals surface area contributed by atoms with Gasteiger partial charge in [-0.05, 0) is 77.8 Å². The van der Waals surface area contributed by atoms with E-state index in [-0.39, 0.29) is 34.4 Å². The Morgan fingerprint density at radius 1 is 1.00 bits per heavy atom.